The zero-order valence-corrected chi connectivity index (χ0v) is 15.8. The Balaban J connectivity index is 2.05. The van der Waals surface area contributed by atoms with Crippen LogP contribution in [-0.4, -0.2) is 20.6 Å². The molecule has 1 heterocycles. The van der Waals surface area contributed by atoms with Crippen LogP contribution in [0.5, 0.6) is 0 Å². The number of halogens is 1. The molecule has 1 atom stereocenters. The molecule has 25 heavy (non-hydrogen) atoms. The Morgan fingerprint density at radius 3 is 2.84 bits per heavy atom. The van der Waals surface area contributed by atoms with E-state index in [-0.39, 0.29) is 18.3 Å². The maximum atomic E-state index is 11.3. The third-order valence-electron chi connectivity index (χ3n) is 4.98. The lowest BCUT2D eigenvalue weighted by Gasteiger charge is -2.24. The van der Waals surface area contributed by atoms with Gasteiger partial charge in [-0.25, -0.2) is 4.98 Å². The highest BCUT2D eigenvalue weighted by Gasteiger charge is 2.30. The van der Waals surface area contributed by atoms with Crippen LogP contribution in [0.25, 0.3) is 0 Å². The maximum Gasteiger partial charge on any atom is 0.304 e. The van der Waals surface area contributed by atoms with Gasteiger partial charge in [0.15, 0.2) is 0 Å². The van der Waals surface area contributed by atoms with Crippen molar-refractivity contribution >= 4 is 17.6 Å². The van der Waals surface area contributed by atoms with E-state index in [4.69, 9.17) is 16.6 Å². The Hall–Kier alpha value is -1.81. The first-order chi connectivity index (χ1) is 11.9. The monoisotopic (exact) mass is 360 g/mol. The smallest absolute Gasteiger partial charge is 0.304 e. The predicted octanol–water partition coefficient (Wildman–Crippen LogP) is 4.91. The molecule has 0 fully saturated rings. The van der Waals surface area contributed by atoms with Crippen molar-refractivity contribution in [3.63, 3.8) is 0 Å². The maximum absolute atomic E-state index is 11.3. The van der Waals surface area contributed by atoms with E-state index in [2.05, 4.69) is 24.5 Å². The SMILES string of the molecule is Cc1ccc(Cn2c(C(C)C)nc3c2[C@@H](CC(=O)O)CCC3)cc1Cl. The van der Waals surface area contributed by atoms with Crippen LogP contribution in [0.2, 0.25) is 5.02 Å². The summed E-state index contributed by atoms with van der Waals surface area (Å²) in [5.41, 5.74) is 4.39. The molecule has 0 bridgehead atoms. The standard InChI is InChI=1S/C20H25ClN2O2/c1-12(2)20-22-17-6-4-5-15(10-18(24)25)19(17)23(20)11-14-8-7-13(3)16(21)9-14/h7-9,12,15H,4-6,10-11H2,1-3H3,(H,24,25)/t15-/m1/s1. The van der Waals surface area contributed by atoms with Crippen molar-refractivity contribution in [2.24, 2.45) is 0 Å². The summed E-state index contributed by atoms with van der Waals surface area (Å²) in [7, 11) is 0. The summed E-state index contributed by atoms with van der Waals surface area (Å²) < 4.78 is 2.24. The van der Waals surface area contributed by atoms with Crippen molar-refractivity contribution in [2.75, 3.05) is 0 Å². The normalized spacial score (nSPS) is 16.9. The van der Waals surface area contributed by atoms with Gasteiger partial charge >= 0.3 is 5.97 Å². The number of hydrogen-bond acceptors (Lipinski definition) is 2. The van der Waals surface area contributed by atoms with Gasteiger partial charge in [-0.15, -0.1) is 0 Å². The molecule has 0 saturated carbocycles. The molecule has 0 radical (unpaired) electrons. The van der Waals surface area contributed by atoms with Crippen molar-refractivity contribution in [1.82, 2.24) is 9.55 Å². The van der Waals surface area contributed by atoms with Gasteiger partial charge in [-0.3, -0.25) is 4.79 Å². The first-order valence-electron chi connectivity index (χ1n) is 8.92. The van der Waals surface area contributed by atoms with Gasteiger partial charge in [-0.2, -0.15) is 0 Å². The van der Waals surface area contributed by atoms with Gasteiger partial charge in [0.1, 0.15) is 5.82 Å². The largest absolute Gasteiger partial charge is 0.481 e. The molecule has 0 saturated heterocycles. The third-order valence-corrected chi connectivity index (χ3v) is 5.39. The molecule has 5 heteroatoms. The lowest BCUT2D eigenvalue weighted by atomic mass is 9.87. The lowest BCUT2D eigenvalue weighted by Crippen LogP contribution is -2.18. The molecule has 0 aliphatic heterocycles. The van der Waals surface area contributed by atoms with E-state index in [1.165, 1.54) is 0 Å². The molecule has 2 aromatic rings. The number of hydrogen-bond donors (Lipinski definition) is 1. The number of benzene rings is 1. The number of carboxylic acids is 1. The number of imidazole rings is 1. The summed E-state index contributed by atoms with van der Waals surface area (Å²) in [5.74, 6) is 0.633. The van der Waals surface area contributed by atoms with Gasteiger partial charge in [0.25, 0.3) is 0 Å². The number of aromatic nitrogens is 2. The summed E-state index contributed by atoms with van der Waals surface area (Å²) in [5, 5.41) is 10.1. The van der Waals surface area contributed by atoms with E-state index in [0.717, 1.165) is 52.6 Å². The van der Waals surface area contributed by atoms with Gasteiger partial charge in [0.05, 0.1) is 12.1 Å². The second-order valence-electron chi connectivity index (χ2n) is 7.31. The predicted molar refractivity (Wildman–Crippen MR) is 99.5 cm³/mol. The van der Waals surface area contributed by atoms with Gasteiger partial charge < -0.3 is 9.67 Å². The van der Waals surface area contributed by atoms with Crippen molar-refractivity contribution in [3.05, 3.63) is 51.6 Å². The van der Waals surface area contributed by atoms with Crippen LogP contribution < -0.4 is 0 Å². The molecule has 1 aromatic heterocycles. The average Bonchev–Trinajstić information content (AvgIpc) is 2.90. The van der Waals surface area contributed by atoms with E-state index in [9.17, 15) is 9.90 Å². The first-order valence-corrected chi connectivity index (χ1v) is 9.30. The minimum absolute atomic E-state index is 0.0437. The summed E-state index contributed by atoms with van der Waals surface area (Å²) in [6.45, 7) is 6.96. The van der Waals surface area contributed by atoms with Gasteiger partial charge in [0, 0.05) is 29.1 Å². The zero-order valence-electron chi connectivity index (χ0n) is 15.1. The number of carboxylic acid groups (broad SMARTS) is 1. The fourth-order valence-corrected chi connectivity index (χ4v) is 3.96. The van der Waals surface area contributed by atoms with E-state index in [0.29, 0.717) is 6.54 Å². The van der Waals surface area contributed by atoms with Crippen LogP contribution in [0.1, 0.15) is 73.3 Å². The Kier molecular flexibility index (Phi) is 5.19. The number of aryl methyl sites for hydroxylation is 2. The second-order valence-corrected chi connectivity index (χ2v) is 7.72. The Bertz CT molecular complexity index is 795. The van der Waals surface area contributed by atoms with E-state index >= 15 is 0 Å². The number of aliphatic carboxylic acids is 1. The fraction of sp³-hybridized carbons (Fsp3) is 0.500. The molecule has 1 aromatic carbocycles. The molecule has 3 rings (SSSR count). The quantitative estimate of drug-likeness (QED) is 0.824. The topological polar surface area (TPSA) is 55.1 Å². The molecule has 0 spiro atoms. The molecule has 0 amide bonds. The van der Waals surface area contributed by atoms with Crippen LogP contribution in [0.4, 0.5) is 0 Å². The highest BCUT2D eigenvalue weighted by molar-refractivity contribution is 6.31. The lowest BCUT2D eigenvalue weighted by molar-refractivity contribution is -0.137. The summed E-state index contributed by atoms with van der Waals surface area (Å²) in [6, 6.07) is 6.12. The van der Waals surface area contributed by atoms with Crippen molar-refractivity contribution in [1.29, 1.82) is 0 Å². The van der Waals surface area contributed by atoms with Crippen molar-refractivity contribution in [2.45, 2.75) is 64.8 Å². The average molecular weight is 361 g/mol. The Morgan fingerprint density at radius 2 is 2.20 bits per heavy atom. The number of carbonyl (C=O) groups is 1. The Labute approximate surface area is 153 Å². The summed E-state index contributed by atoms with van der Waals surface area (Å²) in [4.78, 5) is 16.2. The third kappa shape index (κ3) is 3.74. The second kappa shape index (κ2) is 7.20. The van der Waals surface area contributed by atoms with Crippen LogP contribution in [0.15, 0.2) is 18.2 Å². The van der Waals surface area contributed by atoms with Crippen LogP contribution >= 0.6 is 11.6 Å². The summed E-state index contributed by atoms with van der Waals surface area (Å²) in [6.07, 6.45) is 3.03. The molecule has 1 N–H and O–H groups in total. The molecular formula is C20H25ClN2O2. The molecular weight excluding hydrogens is 336 g/mol. The van der Waals surface area contributed by atoms with Crippen LogP contribution in [-0.2, 0) is 17.8 Å². The number of nitrogens with zero attached hydrogens (tertiary/aromatic N) is 2. The molecule has 1 aliphatic rings. The van der Waals surface area contributed by atoms with Gasteiger partial charge in [-0.1, -0.05) is 37.6 Å². The zero-order chi connectivity index (χ0) is 18.1. The van der Waals surface area contributed by atoms with Gasteiger partial charge in [-0.05, 0) is 43.4 Å². The van der Waals surface area contributed by atoms with E-state index in [1.54, 1.807) is 0 Å². The first kappa shape index (κ1) is 18.0. The highest BCUT2D eigenvalue weighted by Crippen LogP contribution is 2.36. The number of fused-ring (bicyclic) bond motifs is 1. The molecule has 1 aliphatic carbocycles. The van der Waals surface area contributed by atoms with E-state index in [1.807, 2.05) is 19.1 Å². The molecule has 134 valence electrons. The highest BCUT2D eigenvalue weighted by atomic mass is 35.5. The molecule has 4 nitrogen and oxygen atoms in total. The molecule has 0 unspecified atom stereocenters. The minimum atomic E-state index is -0.741. The van der Waals surface area contributed by atoms with Crippen LogP contribution in [0, 0.1) is 6.92 Å². The van der Waals surface area contributed by atoms with Crippen molar-refractivity contribution in [3.8, 4) is 0 Å². The Morgan fingerprint density at radius 1 is 1.44 bits per heavy atom. The number of rotatable bonds is 5. The van der Waals surface area contributed by atoms with E-state index < -0.39 is 5.97 Å². The summed E-state index contributed by atoms with van der Waals surface area (Å²) >= 11 is 6.29. The van der Waals surface area contributed by atoms with Crippen molar-refractivity contribution < 1.29 is 9.90 Å². The minimum Gasteiger partial charge on any atom is -0.481 e. The fourth-order valence-electron chi connectivity index (χ4n) is 3.76. The van der Waals surface area contributed by atoms with Gasteiger partial charge in [0.2, 0.25) is 0 Å². The van der Waals surface area contributed by atoms with Crippen LogP contribution in [0.3, 0.4) is 0 Å².